The van der Waals surface area contributed by atoms with E-state index in [9.17, 15) is 0 Å². The molecule has 1 N–H and O–H groups in total. The summed E-state index contributed by atoms with van der Waals surface area (Å²) in [5, 5.41) is 8.15. The Bertz CT molecular complexity index is 406. The van der Waals surface area contributed by atoms with Crippen molar-refractivity contribution in [2.45, 2.75) is 65.0 Å². The van der Waals surface area contributed by atoms with E-state index in [1.807, 2.05) is 18.7 Å². The number of nitrogens with one attached hydrogen (secondary N) is 1. The van der Waals surface area contributed by atoms with Gasteiger partial charge < -0.3 is 5.32 Å². The highest BCUT2D eigenvalue weighted by atomic mass is 79.9. The molecule has 1 aromatic heterocycles. The molecular formula is C15H26BrN3. The number of halogens is 1. The number of hydrogen-bond donors (Lipinski definition) is 1. The molecule has 0 spiro atoms. The summed E-state index contributed by atoms with van der Waals surface area (Å²) in [5.41, 5.74) is 2.33. The van der Waals surface area contributed by atoms with Crippen molar-refractivity contribution < 1.29 is 0 Å². The second kappa shape index (κ2) is 6.89. The van der Waals surface area contributed by atoms with Gasteiger partial charge in [0.25, 0.3) is 0 Å². The van der Waals surface area contributed by atoms with Crippen LogP contribution in [-0.4, -0.2) is 15.8 Å². The number of aromatic nitrogens is 2. The lowest BCUT2D eigenvalue weighted by molar-refractivity contribution is 0.276. The minimum Gasteiger partial charge on any atom is -0.308 e. The van der Waals surface area contributed by atoms with Crippen molar-refractivity contribution in [2.24, 2.45) is 13.0 Å². The molecule has 0 amide bonds. The molecule has 1 aliphatic carbocycles. The van der Waals surface area contributed by atoms with E-state index in [1.165, 1.54) is 44.2 Å². The van der Waals surface area contributed by atoms with Crippen molar-refractivity contribution in [3.05, 3.63) is 15.9 Å². The van der Waals surface area contributed by atoms with Crippen molar-refractivity contribution in [2.75, 3.05) is 0 Å². The average molecular weight is 328 g/mol. The van der Waals surface area contributed by atoms with Crippen molar-refractivity contribution in [1.82, 2.24) is 15.1 Å². The first-order valence-electron chi connectivity index (χ1n) is 7.53. The predicted molar refractivity (Wildman–Crippen MR) is 83.1 cm³/mol. The van der Waals surface area contributed by atoms with E-state index in [1.54, 1.807) is 0 Å². The molecule has 1 heterocycles. The van der Waals surface area contributed by atoms with Gasteiger partial charge in [-0.1, -0.05) is 19.8 Å². The molecule has 1 fully saturated rings. The maximum absolute atomic E-state index is 4.44. The molecule has 2 rings (SSSR count). The number of aryl methyl sites for hydroxylation is 2. The predicted octanol–water partition coefficient (Wildman–Crippen LogP) is 3.94. The van der Waals surface area contributed by atoms with E-state index < -0.39 is 0 Å². The van der Waals surface area contributed by atoms with Crippen molar-refractivity contribution in [3.8, 4) is 0 Å². The summed E-state index contributed by atoms with van der Waals surface area (Å²) in [7, 11) is 2.02. The Hall–Kier alpha value is -0.350. The van der Waals surface area contributed by atoms with Crippen LogP contribution in [0.4, 0.5) is 0 Å². The number of hydrogen-bond acceptors (Lipinski definition) is 2. The Labute approximate surface area is 125 Å². The van der Waals surface area contributed by atoms with Crippen LogP contribution in [0, 0.1) is 12.8 Å². The van der Waals surface area contributed by atoms with E-state index in [0.717, 1.165) is 22.6 Å². The first kappa shape index (κ1) is 15.0. The third-order valence-electron chi connectivity index (χ3n) is 4.36. The lowest BCUT2D eigenvalue weighted by Gasteiger charge is -2.29. The zero-order chi connectivity index (χ0) is 13.8. The van der Waals surface area contributed by atoms with Gasteiger partial charge in [-0.15, -0.1) is 0 Å². The van der Waals surface area contributed by atoms with Gasteiger partial charge in [-0.3, -0.25) is 4.68 Å². The van der Waals surface area contributed by atoms with Gasteiger partial charge in [0.2, 0.25) is 0 Å². The lowest BCUT2D eigenvalue weighted by atomic mass is 9.83. The lowest BCUT2D eigenvalue weighted by Crippen LogP contribution is -2.33. The zero-order valence-electron chi connectivity index (χ0n) is 12.4. The molecule has 1 aliphatic rings. The Morgan fingerprint density at radius 3 is 2.53 bits per heavy atom. The third kappa shape index (κ3) is 3.82. The van der Waals surface area contributed by atoms with Crippen LogP contribution in [0.25, 0.3) is 0 Å². The molecule has 0 saturated heterocycles. The summed E-state index contributed by atoms with van der Waals surface area (Å²) < 4.78 is 3.14. The number of nitrogens with zero attached hydrogens (tertiary/aromatic N) is 2. The van der Waals surface area contributed by atoms with Gasteiger partial charge in [0.15, 0.2) is 0 Å². The molecule has 0 aliphatic heterocycles. The highest BCUT2D eigenvalue weighted by Crippen LogP contribution is 2.28. The van der Waals surface area contributed by atoms with Crippen LogP contribution in [0.1, 0.15) is 56.8 Å². The average Bonchev–Trinajstić information content (AvgIpc) is 2.64. The quantitative estimate of drug-likeness (QED) is 0.887. The summed E-state index contributed by atoms with van der Waals surface area (Å²) in [4.78, 5) is 0. The Balaban J connectivity index is 1.80. The van der Waals surface area contributed by atoms with Gasteiger partial charge in [0, 0.05) is 19.6 Å². The van der Waals surface area contributed by atoms with Gasteiger partial charge in [-0.05, 0) is 54.5 Å². The van der Waals surface area contributed by atoms with Gasteiger partial charge in [-0.25, -0.2) is 0 Å². The maximum atomic E-state index is 4.44. The summed E-state index contributed by atoms with van der Waals surface area (Å²) in [6.45, 7) is 5.26. The summed E-state index contributed by atoms with van der Waals surface area (Å²) in [6.07, 6.45) is 8.22. The highest BCUT2D eigenvalue weighted by molar-refractivity contribution is 9.10. The molecule has 0 unspecified atom stereocenters. The zero-order valence-corrected chi connectivity index (χ0v) is 14.0. The van der Waals surface area contributed by atoms with Crippen molar-refractivity contribution >= 4 is 15.9 Å². The van der Waals surface area contributed by atoms with Crippen molar-refractivity contribution in [3.63, 3.8) is 0 Å². The van der Waals surface area contributed by atoms with E-state index in [4.69, 9.17) is 0 Å². The molecule has 1 aromatic rings. The summed E-state index contributed by atoms with van der Waals surface area (Å²) >= 11 is 3.63. The fourth-order valence-corrected chi connectivity index (χ4v) is 3.65. The molecular weight excluding hydrogens is 302 g/mol. The Kier molecular flexibility index (Phi) is 5.46. The second-order valence-electron chi connectivity index (χ2n) is 5.86. The maximum Gasteiger partial charge on any atom is 0.0739 e. The van der Waals surface area contributed by atoms with Crippen LogP contribution in [0.3, 0.4) is 0 Å². The molecule has 0 aromatic carbocycles. The molecule has 0 radical (unpaired) electrons. The molecule has 0 bridgehead atoms. The monoisotopic (exact) mass is 327 g/mol. The topological polar surface area (TPSA) is 29.9 Å². The molecule has 19 heavy (non-hydrogen) atoms. The van der Waals surface area contributed by atoms with Gasteiger partial charge in [-0.2, -0.15) is 5.10 Å². The first-order chi connectivity index (χ1) is 9.11. The minimum atomic E-state index is 0.690. The van der Waals surface area contributed by atoms with Crippen molar-refractivity contribution in [1.29, 1.82) is 0 Å². The molecule has 108 valence electrons. The fourth-order valence-electron chi connectivity index (χ4n) is 3.18. The molecule has 3 nitrogen and oxygen atoms in total. The smallest absolute Gasteiger partial charge is 0.0739 e. The molecule has 0 atom stereocenters. The third-order valence-corrected chi connectivity index (χ3v) is 5.40. The summed E-state index contributed by atoms with van der Waals surface area (Å²) in [5.74, 6) is 0.980. The van der Waals surface area contributed by atoms with Crippen LogP contribution in [-0.2, 0) is 13.6 Å². The summed E-state index contributed by atoms with van der Waals surface area (Å²) in [6, 6.07) is 0.690. The van der Waals surface area contributed by atoms with Crippen LogP contribution in [0.5, 0.6) is 0 Å². The van der Waals surface area contributed by atoms with E-state index in [0.29, 0.717) is 6.04 Å². The molecule has 1 saturated carbocycles. The largest absolute Gasteiger partial charge is 0.308 e. The van der Waals surface area contributed by atoms with E-state index in [2.05, 4.69) is 33.3 Å². The van der Waals surface area contributed by atoms with Gasteiger partial charge >= 0.3 is 0 Å². The van der Waals surface area contributed by atoms with Gasteiger partial charge in [0.05, 0.1) is 15.9 Å². The first-order valence-corrected chi connectivity index (χ1v) is 8.32. The van der Waals surface area contributed by atoms with E-state index in [-0.39, 0.29) is 0 Å². The Morgan fingerprint density at radius 1 is 1.32 bits per heavy atom. The standard InChI is InChI=1S/C15H26BrN3/c1-4-5-12-6-8-13(9-7-12)17-10-14-15(16)11(2)18-19(14)3/h12-13,17H,4-10H2,1-3H3. The second-order valence-corrected chi connectivity index (χ2v) is 6.65. The van der Waals surface area contributed by atoms with Crippen LogP contribution >= 0.6 is 15.9 Å². The fraction of sp³-hybridized carbons (Fsp3) is 0.800. The minimum absolute atomic E-state index is 0.690. The van der Waals surface area contributed by atoms with Crippen LogP contribution in [0.15, 0.2) is 4.47 Å². The Morgan fingerprint density at radius 2 is 2.00 bits per heavy atom. The number of rotatable bonds is 5. The van der Waals surface area contributed by atoms with Crippen LogP contribution < -0.4 is 5.32 Å². The molecule has 4 heteroatoms. The van der Waals surface area contributed by atoms with E-state index >= 15 is 0 Å². The normalized spacial score (nSPS) is 23.8. The highest BCUT2D eigenvalue weighted by Gasteiger charge is 2.21. The SMILES string of the molecule is CCCC1CCC(NCc2c(Br)c(C)nn2C)CC1. The van der Waals surface area contributed by atoms with Gasteiger partial charge in [0.1, 0.15) is 0 Å². The van der Waals surface area contributed by atoms with Crippen LogP contribution in [0.2, 0.25) is 0 Å².